The van der Waals surface area contributed by atoms with Crippen molar-refractivity contribution in [2.24, 2.45) is 11.8 Å². The van der Waals surface area contributed by atoms with Gasteiger partial charge in [0.1, 0.15) is 29.6 Å². The molecule has 0 radical (unpaired) electrons. The predicted octanol–water partition coefficient (Wildman–Crippen LogP) is 3.04. The average Bonchev–Trinajstić information content (AvgIpc) is 3.77. The number of aliphatic hydroxyl groups is 1. The highest BCUT2D eigenvalue weighted by Gasteiger charge is 2.78. The lowest BCUT2D eigenvalue weighted by Gasteiger charge is -2.37. The Morgan fingerprint density at radius 2 is 1.78 bits per heavy atom. The van der Waals surface area contributed by atoms with E-state index in [1.807, 2.05) is 68.4 Å². The summed E-state index contributed by atoms with van der Waals surface area (Å²) >= 11 is 0. The monoisotopic (exact) mass is 624 g/mol. The zero-order valence-electron chi connectivity index (χ0n) is 25.6. The molecule has 4 heterocycles. The number of amides is 3. The second kappa shape index (κ2) is 11.5. The van der Waals surface area contributed by atoms with Crippen molar-refractivity contribution < 1.29 is 29.0 Å². The number of aliphatic hydroxyl groups excluding tert-OH is 1. The van der Waals surface area contributed by atoms with E-state index in [2.05, 4.69) is 20.9 Å². The van der Waals surface area contributed by atoms with Crippen molar-refractivity contribution in [3.8, 4) is 5.75 Å². The van der Waals surface area contributed by atoms with Gasteiger partial charge in [0.05, 0.1) is 42.2 Å². The third-order valence-corrected chi connectivity index (χ3v) is 9.69. The molecule has 3 aromatic carbocycles. The molecule has 46 heavy (non-hydrogen) atoms. The Labute approximate surface area is 265 Å². The fraction of sp³-hybridized carbons (Fsp3) is 0.382. The van der Waals surface area contributed by atoms with Crippen LogP contribution in [0.4, 0.5) is 5.69 Å². The molecule has 2 unspecified atom stereocenters. The van der Waals surface area contributed by atoms with Crippen molar-refractivity contribution in [2.75, 3.05) is 18.5 Å². The normalized spacial score (nSPS) is 27.1. The van der Waals surface area contributed by atoms with Crippen LogP contribution in [0, 0.1) is 11.8 Å². The van der Waals surface area contributed by atoms with Crippen molar-refractivity contribution in [3.63, 3.8) is 0 Å². The quantitative estimate of drug-likeness (QED) is 0.244. The van der Waals surface area contributed by atoms with Crippen LogP contribution in [0.5, 0.6) is 5.75 Å². The highest BCUT2D eigenvalue weighted by molar-refractivity contribution is 6.02. The number of likely N-dealkylation sites (tertiary alicyclic amines) is 1. The van der Waals surface area contributed by atoms with Gasteiger partial charge in [0.15, 0.2) is 0 Å². The highest BCUT2D eigenvalue weighted by atomic mass is 16.5. The van der Waals surface area contributed by atoms with Crippen molar-refractivity contribution in [1.29, 1.82) is 0 Å². The fourth-order valence-electron chi connectivity index (χ4n) is 7.73. The van der Waals surface area contributed by atoms with E-state index in [1.165, 1.54) is 4.90 Å². The van der Waals surface area contributed by atoms with Crippen molar-refractivity contribution in [2.45, 2.75) is 56.6 Å². The first kappa shape index (κ1) is 29.9. The van der Waals surface area contributed by atoms with E-state index in [4.69, 9.17) is 9.47 Å². The van der Waals surface area contributed by atoms with E-state index < -0.39 is 53.5 Å². The number of aromatic nitrogens is 3. The summed E-state index contributed by atoms with van der Waals surface area (Å²) in [6.45, 7) is 3.85. The molecule has 1 aromatic heterocycles. The Bertz CT molecular complexity index is 1780. The number of hydrogen-bond acceptors (Lipinski definition) is 8. The largest absolute Gasteiger partial charge is 0.494 e. The Hall–Kier alpha value is -4.81. The lowest BCUT2D eigenvalue weighted by atomic mass is 9.66. The first-order chi connectivity index (χ1) is 22.3. The zero-order valence-corrected chi connectivity index (χ0v) is 25.6. The molecule has 0 saturated carbocycles. The average molecular weight is 625 g/mol. The van der Waals surface area contributed by atoms with Gasteiger partial charge in [0.25, 0.3) is 0 Å². The number of nitrogens with one attached hydrogen (secondary N) is 2. The van der Waals surface area contributed by atoms with E-state index in [-0.39, 0.29) is 12.6 Å². The number of benzene rings is 3. The first-order valence-electron chi connectivity index (χ1n) is 15.6. The molecule has 12 heteroatoms. The summed E-state index contributed by atoms with van der Waals surface area (Å²) in [7, 11) is 0. The fourth-order valence-corrected chi connectivity index (χ4v) is 7.73. The molecule has 238 valence electrons. The van der Waals surface area contributed by atoms with Crippen LogP contribution in [0.2, 0.25) is 0 Å². The summed E-state index contributed by atoms with van der Waals surface area (Å²) in [5.41, 5.74) is 0.415. The summed E-state index contributed by atoms with van der Waals surface area (Å²) < 4.78 is 13.8. The zero-order chi connectivity index (χ0) is 32.1. The molecule has 2 bridgehead atoms. The number of rotatable bonds is 10. The van der Waals surface area contributed by atoms with Crippen LogP contribution in [0.3, 0.4) is 0 Å². The molecule has 3 saturated heterocycles. The molecule has 3 amide bonds. The topological polar surface area (TPSA) is 148 Å². The number of carbonyl (C=O) groups is 3. The smallest absolute Gasteiger partial charge is 0.247 e. The molecule has 7 rings (SSSR count). The van der Waals surface area contributed by atoms with Crippen LogP contribution in [0.15, 0.2) is 78.9 Å². The van der Waals surface area contributed by atoms with Crippen LogP contribution in [0.25, 0.3) is 11.0 Å². The Morgan fingerprint density at radius 3 is 2.52 bits per heavy atom. The number of carbonyl (C=O) groups excluding carboxylic acids is 3. The maximum atomic E-state index is 14.6. The molecular formula is C34H36N6O6. The van der Waals surface area contributed by atoms with Crippen LogP contribution >= 0.6 is 0 Å². The Balaban J connectivity index is 1.23. The van der Waals surface area contributed by atoms with Gasteiger partial charge in [-0.15, -0.1) is 5.10 Å². The second-order valence-corrected chi connectivity index (χ2v) is 12.3. The molecule has 3 N–H and O–H groups in total. The SMILES string of the molecule is CCOc1ccc(NC(=O)[C@H]2[C@H]3C(=O)N([C@H](CO)c4ccccc4)C(C(=O)NCn4nnc5ccccc54)C34CC[C@]2(C)O4)cc1. The van der Waals surface area contributed by atoms with E-state index >= 15 is 0 Å². The van der Waals surface area contributed by atoms with Gasteiger partial charge in [-0.3, -0.25) is 14.4 Å². The van der Waals surface area contributed by atoms with Crippen molar-refractivity contribution >= 4 is 34.4 Å². The van der Waals surface area contributed by atoms with E-state index in [9.17, 15) is 19.5 Å². The minimum absolute atomic E-state index is 0.00662. The number of ether oxygens (including phenoxy) is 2. The summed E-state index contributed by atoms with van der Waals surface area (Å²) in [6, 6.07) is 21.6. The number of fused-ring (bicyclic) bond motifs is 2. The third-order valence-electron chi connectivity index (χ3n) is 9.69. The minimum Gasteiger partial charge on any atom is -0.494 e. The van der Waals surface area contributed by atoms with Gasteiger partial charge in [-0.2, -0.15) is 0 Å². The van der Waals surface area contributed by atoms with E-state index in [0.717, 1.165) is 5.52 Å². The third kappa shape index (κ3) is 4.71. The summed E-state index contributed by atoms with van der Waals surface area (Å²) in [5, 5.41) is 25.0. The first-order valence-corrected chi connectivity index (χ1v) is 15.6. The molecule has 3 fully saturated rings. The Morgan fingerprint density at radius 1 is 1.04 bits per heavy atom. The standard InChI is InChI=1S/C34H36N6O6/c1-3-45-23-15-13-22(14-16-23)36-30(42)27-28-32(44)40(26(19-41)21-9-5-4-6-10-21)29(34(28)18-17-33(27,2)46-34)31(43)35-20-39-25-12-8-7-11-24(25)37-38-39/h4-16,26-29,41H,3,17-20H2,1-2H3,(H,35,43)(H,36,42)/t26-,27-,28+,29?,33+,34?/m1/s1. The number of nitrogens with zero attached hydrogens (tertiary/aromatic N) is 4. The van der Waals surface area contributed by atoms with Crippen LogP contribution < -0.4 is 15.4 Å². The van der Waals surface area contributed by atoms with E-state index in [0.29, 0.717) is 42.0 Å². The maximum Gasteiger partial charge on any atom is 0.247 e. The van der Waals surface area contributed by atoms with Gasteiger partial charge >= 0.3 is 0 Å². The van der Waals surface area contributed by atoms with Gasteiger partial charge in [-0.1, -0.05) is 47.7 Å². The molecule has 0 aliphatic carbocycles. The van der Waals surface area contributed by atoms with Crippen LogP contribution in [0.1, 0.15) is 38.3 Å². The van der Waals surface area contributed by atoms with Gasteiger partial charge < -0.3 is 30.1 Å². The highest BCUT2D eigenvalue weighted by Crippen LogP contribution is 2.64. The lowest BCUT2D eigenvalue weighted by molar-refractivity contribution is -0.149. The molecule has 3 aliphatic rings. The summed E-state index contributed by atoms with van der Waals surface area (Å²) in [6.07, 6.45) is 0.888. The molecule has 3 aliphatic heterocycles. The molecule has 1 spiro atoms. The van der Waals surface area contributed by atoms with Gasteiger partial charge in [-0.05, 0) is 68.7 Å². The van der Waals surface area contributed by atoms with Gasteiger partial charge in [0.2, 0.25) is 17.7 Å². The summed E-state index contributed by atoms with van der Waals surface area (Å²) in [4.78, 5) is 44.4. The maximum absolute atomic E-state index is 14.6. The number of para-hydroxylation sites is 1. The van der Waals surface area contributed by atoms with Gasteiger partial charge in [0, 0.05) is 5.69 Å². The molecular weight excluding hydrogens is 588 g/mol. The summed E-state index contributed by atoms with van der Waals surface area (Å²) in [5.74, 6) is -2.34. The van der Waals surface area contributed by atoms with Crippen molar-refractivity contribution in [3.05, 3.63) is 84.4 Å². The molecule has 4 aromatic rings. The predicted molar refractivity (Wildman–Crippen MR) is 167 cm³/mol. The van der Waals surface area contributed by atoms with E-state index in [1.54, 1.807) is 28.9 Å². The number of hydrogen-bond donors (Lipinski definition) is 3. The van der Waals surface area contributed by atoms with Crippen LogP contribution in [-0.2, 0) is 25.8 Å². The van der Waals surface area contributed by atoms with Crippen molar-refractivity contribution in [1.82, 2.24) is 25.2 Å². The molecule has 6 atom stereocenters. The van der Waals surface area contributed by atoms with Crippen LogP contribution in [-0.4, -0.2) is 73.2 Å². The minimum atomic E-state index is -1.27. The lowest BCUT2D eigenvalue weighted by Crippen LogP contribution is -2.56. The van der Waals surface area contributed by atoms with Gasteiger partial charge in [-0.25, -0.2) is 4.68 Å². The molecule has 12 nitrogen and oxygen atoms in total. The second-order valence-electron chi connectivity index (χ2n) is 12.3. The Kier molecular flexibility index (Phi) is 7.48. The number of anilines is 1.